The van der Waals surface area contributed by atoms with E-state index in [2.05, 4.69) is 9.71 Å². The number of halogens is 1. The van der Waals surface area contributed by atoms with E-state index in [0.717, 1.165) is 33.6 Å². The molecule has 3 aromatic rings. The summed E-state index contributed by atoms with van der Waals surface area (Å²) in [5, 5.41) is 3.65. The predicted molar refractivity (Wildman–Crippen MR) is 105 cm³/mol. The summed E-state index contributed by atoms with van der Waals surface area (Å²) in [7, 11) is -3.14. The fourth-order valence-electron chi connectivity index (χ4n) is 2.38. The number of rotatable bonds is 6. The van der Waals surface area contributed by atoms with Crippen LogP contribution in [0.1, 0.15) is 5.56 Å². The molecule has 0 radical (unpaired) electrons. The zero-order valence-corrected chi connectivity index (χ0v) is 16.0. The number of aromatic nitrogens is 1. The minimum absolute atomic E-state index is 0.397. The Bertz CT molecular complexity index is 967. The van der Waals surface area contributed by atoms with E-state index in [1.165, 1.54) is 0 Å². The molecule has 0 aliphatic rings. The smallest absolute Gasteiger partial charge is 0.208 e. The molecule has 3 rings (SSSR count). The van der Waals surface area contributed by atoms with Crippen LogP contribution in [0.25, 0.3) is 21.8 Å². The monoisotopic (exact) mass is 392 g/mol. The van der Waals surface area contributed by atoms with Crippen molar-refractivity contribution in [2.45, 2.75) is 6.42 Å². The first-order valence-electron chi connectivity index (χ1n) is 7.66. The first-order valence-corrected chi connectivity index (χ1v) is 10.8. The number of nitrogens with zero attached hydrogens (tertiary/aromatic N) is 1. The number of thiazole rings is 1. The molecule has 7 heteroatoms. The Morgan fingerprint density at radius 3 is 2.56 bits per heavy atom. The number of nitrogens with one attached hydrogen (secondary N) is 1. The molecule has 1 heterocycles. The Hall–Kier alpha value is -1.73. The fraction of sp³-hybridized carbons (Fsp3) is 0.167. The molecule has 0 atom stereocenters. The highest BCUT2D eigenvalue weighted by Gasteiger charge is 2.07. The second-order valence-corrected chi connectivity index (χ2v) is 8.79. The van der Waals surface area contributed by atoms with E-state index >= 15 is 0 Å². The summed E-state index contributed by atoms with van der Waals surface area (Å²) < 4.78 is 24.6. The SMILES string of the molecule is CS(=O)(=O)NCCc1ccc(-c2csc(-c3cccc(Cl)c3)n2)cc1. The van der Waals surface area contributed by atoms with E-state index in [9.17, 15) is 8.42 Å². The standard InChI is InChI=1S/C18H17ClN2O2S2/c1-25(22,23)20-10-9-13-5-7-14(8-6-13)17-12-24-18(21-17)15-3-2-4-16(19)11-15/h2-8,11-12,20H,9-10H2,1H3. The molecule has 0 saturated heterocycles. The lowest BCUT2D eigenvalue weighted by molar-refractivity contribution is 0.588. The average molecular weight is 393 g/mol. The van der Waals surface area contributed by atoms with Gasteiger partial charge in [0, 0.05) is 28.1 Å². The van der Waals surface area contributed by atoms with Crippen LogP contribution in [0, 0.1) is 0 Å². The zero-order chi connectivity index (χ0) is 17.9. The maximum atomic E-state index is 11.1. The van der Waals surface area contributed by atoms with Gasteiger partial charge in [0.15, 0.2) is 0 Å². The molecule has 0 aliphatic carbocycles. The van der Waals surface area contributed by atoms with Gasteiger partial charge >= 0.3 is 0 Å². The van der Waals surface area contributed by atoms with Gasteiger partial charge in [0.2, 0.25) is 10.0 Å². The lowest BCUT2D eigenvalue weighted by Crippen LogP contribution is -2.24. The first kappa shape index (κ1) is 18.1. The van der Waals surface area contributed by atoms with Crippen LogP contribution in [0.15, 0.2) is 53.9 Å². The molecule has 1 aromatic heterocycles. The molecule has 0 aliphatic heterocycles. The largest absolute Gasteiger partial charge is 0.236 e. The van der Waals surface area contributed by atoms with E-state index in [1.54, 1.807) is 11.3 Å². The lowest BCUT2D eigenvalue weighted by Gasteiger charge is -2.04. The average Bonchev–Trinajstić information content (AvgIpc) is 3.04. The summed E-state index contributed by atoms with van der Waals surface area (Å²) in [6.07, 6.45) is 1.81. The Balaban J connectivity index is 1.71. The summed E-state index contributed by atoms with van der Waals surface area (Å²) in [6.45, 7) is 0.397. The van der Waals surface area contributed by atoms with Gasteiger partial charge in [-0.05, 0) is 24.1 Å². The maximum absolute atomic E-state index is 11.1. The minimum atomic E-state index is -3.14. The van der Waals surface area contributed by atoms with Crippen molar-refractivity contribution in [1.29, 1.82) is 0 Å². The van der Waals surface area contributed by atoms with Gasteiger partial charge < -0.3 is 0 Å². The topological polar surface area (TPSA) is 59.1 Å². The fourth-order valence-corrected chi connectivity index (χ4v) is 3.87. The van der Waals surface area contributed by atoms with Crippen molar-refractivity contribution in [3.63, 3.8) is 0 Å². The summed E-state index contributed by atoms with van der Waals surface area (Å²) in [5.41, 5.74) is 4.03. The molecule has 0 amide bonds. The Morgan fingerprint density at radius 2 is 1.88 bits per heavy atom. The third kappa shape index (κ3) is 5.12. The van der Waals surface area contributed by atoms with E-state index in [4.69, 9.17) is 11.6 Å². The van der Waals surface area contributed by atoms with Gasteiger partial charge in [-0.15, -0.1) is 11.3 Å². The number of benzene rings is 2. The maximum Gasteiger partial charge on any atom is 0.208 e. The normalized spacial score (nSPS) is 11.6. The van der Waals surface area contributed by atoms with Crippen molar-refractivity contribution >= 4 is 33.0 Å². The van der Waals surface area contributed by atoms with Gasteiger partial charge in [-0.25, -0.2) is 18.1 Å². The number of sulfonamides is 1. The van der Waals surface area contributed by atoms with E-state index < -0.39 is 10.0 Å². The molecule has 4 nitrogen and oxygen atoms in total. The quantitative estimate of drug-likeness (QED) is 0.683. The van der Waals surface area contributed by atoms with Crippen molar-refractivity contribution in [2.75, 3.05) is 12.8 Å². The molecule has 0 fully saturated rings. The molecular formula is C18H17ClN2O2S2. The van der Waals surface area contributed by atoms with Crippen molar-refractivity contribution in [3.8, 4) is 21.8 Å². The molecule has 0 bridgehead atoms. The summed E-state index contributed by atoms with van der Waals surface area (Å²) in [6, 6.07) is 15.7. The third-order valence-electron chi connectivity index (χ3n) is 3.60. The van der Waals surface area contributed by atoms with Gasteiger partial charge in [-0.2, -0.15) is 0 Å². The van der Waals surface area contributed by atoms with Crippen molar-refractivity contribution in [3.05, 3.63) is 64.5 Å². The van der Waals surface area contributed by atoms with Gasteiger partial charge in [0.05, 0.1) is 11.9 Å². The zero-order valence-electron chi connectivity index (χ0n) is 13.6. The second-order valence-electron chi connectivity index (χ2n) is 5.66. The van der Waals surface area contributed by atoms with Crippen LogP contribution in [0.3, 0.4) is 0 Å². The molecule has 25 heavy (non-hydrogen) atoms. The highest BCUT2D eigenvalue weighted by atomic mass is 35.5. The molecular weight excluding hydrogens is 376 g/mol. The lowest BCUT2D eigenvalue weighted by atomic mass is 10.1. The van der Waals surface area contributed by atoms with Crippen molar-refractivity contribution in [2.24, 2.45) is 0 Å². The molecule has 0 spiro atoms. The van der Waals surface area contributed by atoms with Gasteiger partial charge in [-0.1, -0.05) is 48.0 Å². The first-order chi connectivity index (χ1) is 11.9. The van der Waals surface area contributed by atoms with Gasteiger partial charge in [0.25, 0.3) is 0 Å². The highest BCUT2D eigenvalue weighted by molar-refractivity contribution is 7.88. The molecule has 0 unspecified atom stereocenters. The third-order valence-corrected chi connectivity index (χ3v) is 5.46. The van der Waals surface area contributed by atoms with Crippen LogP contribution in [0.5, 0.6) is 0 Å². The Kier molecular flexibility index (Phi) is 5.54. The minimum Gasteiger partial charge on any atom is -0.236 e. The molecule has 2 aromatic carbocycles. The Morgan fingerprint density at radius 1 is 1.12 bits per heavy atom. The Labute approximate surface area is 156 Å². The summed E-state index contributed by atoms with van der Waals surface area (Å²) in [4.78, 5) is 4.68. The van der Waals surface area contributed by atoms with Gasteiger partial charge in [0.1, 0.15) is 5.01 Å². The molecule has 1 N–H and O–H groups in total. The second kappa shape index (κ2) is 7.66. The van der Waals surface area contributed by atoms with Crippen LogP contribution in [0.4, 0.5) is 0 Å². The predicted octanol–water partition coefficient (Wildman–Crippen LogP) is 4.22. The highest BCUT2D eigenvalue weighted by Crippen LogP contribution is 2.30. The van der Waals surface area contributed by atoms with Crippen LogP contribution in [0.2, 0.25) is 5.02 Å². The van der Waals surface area contributed by atoms with Gasteiger partial charge in [-0.3, -0.25) is 0 Å². The van der Waals surface area contributed by atoms with Crippen molar-refractivity contribution in [1.82, 2.24) is 9.71 Å². The molecule has 0 saturated carbocycles. The van der Waals surface area contributed by atoms with E-state index in [-0.39, 0.29) is 0 Å². The molecule has 130 valence electrons. The van der Waals surface area contributed by atoms with E-state index in [1.807, 2.05) is 53.9 Å². The van der Waals surface area contributed by atoms with Crippen LogP contribution in [-0.4, -0.2) is 26.2 Å². The van der Waals surface area contributed by atoms with E-state index in [0.29, 0.717) is 18.0 Å². The van der Waals surface area contributed by atoms with Crippen LogP contribution in [-0.2, 0) is 16.4 Å². The summed E-state index contributed by atoms with van der Waals surface area (Å²) in [5.74, 6) is 0. The number of hydrogen-bond donors (Lipinski definition) is 1. The van der Waals surface area contributed by atoms with Crippen LogP contribution < -0.4 is 4.72 Å². The van der Waals surface area contributed by atoms with Crippen molar-refractivity contribution < 1.29 is 8.42 Å². The number of hydrogen-bond acceptors (Lipinski definition) is 4. The summed E-state index contributed by atoms with van der Waals surface area (Å²) >= 11 is 7.62. The van der Waals surface area contributed by atoms with Crippen LogP contribution >= 0.6 is 22.9 Å².